The van der Waals surface area contributed by atoms with Crippen molar-refractivity contribution in [2.24, 2.45) is 0 Å². The highest BCUT2D eigenvalue weighted by Gasteiger charge is 2.18. The Morgan fingerprint density at radius 2 is 1.71 bits per heavy atom. The Labute approximate surface area is 125 Å². The molecule has 21 heavy (non-hydrogen) atoms. The molecule has 2 fully saturated rings. The number of piperidine rings is 1. The van der Waals surface area contributed by atoms with E-state index in [1.54, 1.807) is 0 Å². The Morgan fingerprint density at radius 1 is 1.00 bits per heavy atom. The van der Waals surface area contributed by atoms with Crippen LogP contribution in [0.15, 0.2) is 0 Å². The summed E-state index contributed by atoms with van der Waals surface area (Å²) in [7, 11) is 1.84. The predicted octanol–water partition coefficient (Wildman–Crippen LogP) is 1.49. The second-order valence-corrected chi connectivity index (χ2v) is 5.61. The Balaban J connectivity index is 1.75. The molecular formula is C14H24N6O. The van der Waals surface area contributed by atoms with Crippen LogP contribution in [0.3, 0.4) is 0 Å². The van der Waals surface area contributed by atoms with Gasteiger partial charge in [-0.15, -0.1) is 0 Å². The lowest BCUT2D eigenvalue weighted by atomic mass is 10.1. The molecule has 1 aromatic heterocycles. The summed E-state index contributed by atoms with van der Waals surface area (Å²) in [6.07, 6.45) is 5.72. The van der Waals surface area contributed by atoms with Gasteiger partial charge >= 0.3 is 0 Å². The number of ether oxygens (including phenoxy) is 1. The molecule has 7 nitrogen and oxygen atoms in total. The molecule has 2 aliphatic rings. The zero-order chi connectivity index (χ0) is 14.5. The van der Waals surface area contributed by atoms with Crippen molar-refractivity contribution in [1.82, 2.24) is 15.0 Å². The number of hydrogen-bond acceptors (Lipinski definition) is 7. The maximum atomic E-state index is 5.39. The van der Waals surface area contributed by atoms with Crippen molar-refractivity contribution in [3.05, 3.63) is 0 Å². The van der Waals surface area contributed by atoms with Gasteiger partial charge in [0.1, 0.15) is 0 Å². The number of anilines is 3. The van der Waals surface area contributed by atoms with E-state index < -0.39 is 0 Å². The summed E-state index contributed by atoms with van der Waals surface area (Å²) in [6.45, 7) is 3.68. The molecule has 0 aromatic carbocycles. The molecule has 0 spiro atoms. The van der Waals surface area contributed by atoms with Gasteiger partial charge in [0, 0.05) is 39.4 Å². The van der Waals surface area contributed by atoms with Crippen molar-refractivity contribution in [3.8, 4) is 0 Å². The molecule has 2 saturated heterocycles. The fourth-order valence-electron chi connectivity index (χ4n) is 2.80. The molecule has 2 aliphatic heterocycles. The van der Waals surface area contributed by atoms with Crippen LogP contribution in [0, 0.1) is 0 Å². The average Bonchev–Trinajstić information content (AvgIpc) is 2.56. The Kier molecular flexibility index (Phi) is 4.69. The van der Waals surface area contributed by atoms with Crippen LogP contribution < -0.4 is 15.5 Å². The van der Waals surface area contributed by atoms with Crippen LogP contribution in [0.25, 0.3) is 0 Å². The lowest BCUT2D eigenvalue weighted by Crippen LogP contribution is -2.32. The second-order valence-electron chi connectivity index (χ2n) is 5.61. The Morgan fingerprint density at radius 3 is 2.43 bits per heavy atom. The van der Waals surface area contributed by atoms with E-state index in [1.165, 1.54) is 19.3 Å². The third kappa shape index (κ3) is 3.72. The van der Waals surface area contributed by atoms with Gasteiger partial charge in [-0.2, -0.15) is 15.0 Å². The monoisotopic (exact) mass is 292 g/mol. The van der Waals surface area contributed by atoms with E-state index in [0.29, 0.717) is 17.9 Å². The summed E-state index contributed by atoms with van der Waals surface area (Å²) in [5.41, 5.74) is 0. The second kappa shape index (κ2) is 6.89. The molecule has 0 radical (unpaired) electrons. The third-order valence-electron chi connectivity index (χ3n) is 4.04. The van der Waals surface area contributed by atoms with E-state index in [4.69, 9.17) is 4.74 Å². The van der Waals surface area contributed by atoms with E-state index >= 15 is 0 Å². The summed E-state index contributed by atoms with van der Waals surface area (Å²) in [6, 6.07) is 0.389. The minimum absolute atomic E-state index is 0.389. The summed E-state index contributed by atoms with van der Waals surface area (Å²) in [5, 5.41) is 6.46. The van der Waals surface area contributed by atoms with Crippen LogP contribution >= 0.6 is 0 Å². The van der Waals surface area contributed by atoms with Crippen molar-refractivity contribution in [1.29, 1.82) is 0 Å². The first-order chi connectivity index (χ1) is 10.3. The fraction of sp³-hybridized carbons (Fsp3) is 0.786. The molecule has 1 aromatic rings. The molecule has 0 bridgehead atoms. The first kappa shape index (κ1) is 14.3. The van der Waals surface area contributed by atoms with Crippen LogP contribution in [0.4, 0.5) is 17.8 Å². The molecule has 0 amide bonds. The van der Waals surface area contributed by atoms with Crippen molar-refractivity contribution in [2.45, 2.75) is 38.1 Å². The summed E-state index contributed by atoms with van der Waals surface area (Å²) < 4.78 is 5.39. The molecular weight excluding hydrogens is 268 g/mol. The van der Waals surface area contributed by atoms with E-state index in [0.717, 1.165) is 45.1 Å². The zero-order valence-corrected chi connectivity index (χ0v) is 12.6. The maximum absolute atomic E-state index is 5.39. The molecule has 0 atom stereocenters. The van der Waals surface area contributed by atoms with Crippen LogP contribution in [0.5, 0.6) is 0 Å². The first-order valence-corrected chi connectivity index (χ1v) is 7.88. The number of nitrogens with zero attached hydrogens (tertiary/aromatic N) is 4. The highest BCUT2D eigenvalue weighted by atomic mass is 16.5. The highest BCUT2D eigenvalue weighted by Crippen LogP contribution is 2.19. The van der Waals surface area contributed by atoms with E-state index in [9.17, 15) is 0 Å². The van der Waals surface area contributed by atoms with Gasteiger partial charge in [-0.05, 0) is 32.1 Å². The highest BCUT2D eigenvalue weighted by molar-refractivity contribution is 5.44. The van der Waals surface area contributed by atoms with Gasteiger partial charge in [-0.1, -0.05) is 0 Å². The van der Waals surface area contributed by atoms with Crippen LogP contribution in [-0.2, 0) is 4.74 Å². The first-order valence-electron chi connectivity index (χ1n) is 7.88. The normalized spacial score (nSPS) is 20.3. The lowest BCUT2D eigenvalue weighted by molar-refractivity contribution is 0.0903. The molecule has 0 aliphatic carbocycles. The van der Waals surface area contributed by atoms with Gasteiger partial charge in [0.25, 0.3) is 0 Å². The summed E-state index contributed by atoms with van der Waals surface area (Å²) >= 11 is 0. The Bertz CT molecular complexity index is 457. The van der Waals surface area contributed by atoms with Gasteiger partial charge in [-0.25, -0.2) is 0 Å². The number of aromatic nitrogens is 3. The standard InChI is InChI=1S/C14H24N6O/c1-15-12-17-13(16-11-5-9-21-10-6-11)19-14(18-12)20-7-3-2-4-8-20/h11H,2-10H2,1H3,(H2,15,16,17,18,19). The third-order valence-corrected chi connectivity index (χ3v) is 4.04. The topological polar surface area (TPSA) is 75.2 Å². The number of nitrogens with one attached hydrogen (secondary N) is 2. The van der Waals surface area contributed by atoms with Gasteiger partial charge in [0.2, 0.25) is 17.8 Å². The predicted molar refractivity (Wildman–Crippen MR) is 82.9 cm³/mol. The van der Waals surface area contributed by atoms with E-state index in [2.05, 4.69) is 30.5 Å². The van der Waals surface area contributed by atoms with Crippen LogP contribution in [-0.4, -0.2) is 54.3 Å². The number of rotatable bonds is 4. The summed E-state index contributed by atoms with van der Waals surface area (Å²) in [4.78, 5) is 15.8. The van der Waals surface area contributed by atoms with E-state index in [1.807, 2.05) is 7.05 Å². The van der Waals surface area contributed by atoms with Crippen molar-refractivity contribution >= 4 is 17.8 Å². The largest absolute Gasteiger partial charge is 0.381 e. The molecule has 116 valence electrons. The van der Waals surface area contributed by atoms with Gasteiger partial charge in [0.15, 0.2) is 0 Å². The van der Waals surface area contributed by atoms with Crippen molar-refractivity contribution in [2.75, 3.05) is 48.9 Å². The minimum Gasteiger partial charge on any atom is -0.381 e. The quantitative estimate of drug-likeness (QED) is 0.871. The van der Waals surface area contributed by atoms with Crippen LogP contribution in [0.2, 0.25) is 0 Å². The fourth-order valence-corrected chi connectivity index (χ4v) is 2.80. The lowest BCUT2D eigenvalue weighted by Gasteiger charge is -2.28. The maximum Gasteiger partial charge on any atom is 0.231 e. The molecule has 7 heteroatoms. The zero-order valence-electron chi connectivity index (χ0n) is 12.6. The van der Waals surface area contributed by atoms with Crippen molar-refractivity contribution < 1.29 is 4.74 Å². The van der Waals surface area contributed by atoms with E-state index in [-0.39, 0.29) is 0 Å². The van der Waals surface area contributed by atoms with Crippen LogP contribution in [0.1, 0.15) is 32.1 Å². The Hall–Kier alpha value is -1.63. The molecule has 3 heterocycles. The SMILES string of the molecule is CNc1nc(NC2CCOCC2)nc(N2CCCCC2)n1. The average molecular weight is 292 g/mol. The smallest absolute Gasteiger partial charge is 0.231 e. The molecule has 2 N–H and O–H groups in total. The molecule has 3 rings (SSSR count). The van der Waals surface area contributed by atoms with Crippen molar-refractivity contribution in [3.63, 3.8) is 0 Å². The van der Waals surface area contributed by atoms with Gasteiger partial charge in [-0.3, -0.25) is 0 Å². The minimum atomic E-state index is 0.389. The summed E-state index contributed by atoms with van der Waals surface area (Å²) in [5.74, 6) is 2.07. The molecule has 0 unspecified atom stereocenters. The van der Waals surface area contributed by atoms with Gasteiger partial charge < -0.3 is 20.3 Å². The van der Waals surface area contributed by atoms with Gasteiger partial charge in [0.05, 0.1) is 0 Å². The molecule has 0 saturated carbocycles. The number of hydrogen-bond donors (Lipinski definition) is 2.